The number of halogens is 1. The van der Waals surface area contributed by atoms with Gasteiger partial charge in [-0.25, -0.2) is 0 Å². The summed E-state index contributed by atoms with van der Waals surface area (Å²) in [5.41, 5.74) is 0.829. The van der Waals surface area contributed by atoms with Crippen molar-refractivity contribution in [2.45, 2.75) is 26.2 Å². The second-order valence-corrected chi connectivity index (χ2v) is 8.36. The Morgan fingerprint density at radius 3 is 2.83 bits per heavy atom. The van der Waals surface area contributed by atoms with Gasteiger partial charge in [-0.1, -0.05) is 24.6 Å². The predicted molar refractivity (Wildman–Crippen MR) is 116 cm³/mol. The monoisotopic (exact) mass is 433 g/mol. The molecule has 0 spiro atoms. The third kappa shape index (κ3) is 5.36. The van der Waals surface area contributed by atoms with Crippen LogP contribution in [-0.2, 0) is 4.79 Å². The van der Waals surface area contributed by atoms with Gasteiger partial charge >= 0.3 is 0 Å². The molecule has 1 aliphatic heterocycles. The van der Waals surface area contributed by atoms with E-state index in [9.17, 15) is 14.4 Å². The van der Waals surface area contributed by atoms with Gasteiger partial charge in [-0.05, 0) is 48.9 Å². The van der Waals surface area contributed by atoms with E-state index in [1.165, 1.54) is 11.3 Å². The molecule has 3 rings (SSSR count). The molecule has 0 saturated carbocycles. The molecule has 0 radical (unpaired) electrons. The SMILES string of the molecule is CCCNC(=O)C1CCCN(C(=O)c2ccc(Cl)c(NC(=O)c3cccs3)c2)C1. The highest BCUT2D eigenvalue weighted by molar-refractivity contribution is 7.12. The number of thiophene rings is 1. The quantitative estimate of drug-likeness (QED) is 0.721. The fourth-order valence-corrected chi connectivity index (χ4v) is 4.08. The second kappa shape index (κ2) is 9.89. The highest BCUT2D eigenvalue weighted by Crippen LogP contribution is 2.26. The molecule has 3 amide bonds. The van der Waals surface area contributed by atoms with Gasteiger partial charge in [0.25, 0.3) is 11.8 Å². The van der Waals surface area contributed by atoms with Crippen molar-refractivity contribution >= 4 is 46.3 Å². The number of amides is 3. The second-order valence-electron chi connectivity index (χ2n) is 7.01. The number of nitrogens with zero attached hydrogens (tertiary/aromatic N) is 1. The van der Waals surface area contributed by atoms with Crippen LogP contribution in [0.3, 0.4) is 0 Å². The third-order valence-electron chi connectivity index (χ3n) is 4.84. The van der Waals surface area contributed by atoms with Crippen molar-refractivity contribution < 1.29 is 14.4 Å². The Kier molecular flexibility index (Phi) is 7.28. The zero-order valence-electron chi connectivity index (χ0n) is 16.2. The largest absolute Gasteiger partial charge is 0.356 e. The minimum atomic E-state index is -0.267. The Bertz CT molecular complexity index is 885. The minimum absolute atomic E-state index is 0.00403. The molecule has 1 aliphatic rings. The van der Waals surface area contributed by atoms with Crippen molar-refractivity contribution in [2.24, 2.45) is 5.92 Å². The van der Waals surface area contributed by atoms with Crippen LogP contribution in [0.4, 0.5) is 5.69 Å². The Hall–Kier alpha value is -2.38. The molecule has 6 nitrogen and oxygen atoms in total. The summed E-state index contributed by atoms with van der Waals surface area (Å²) in [5, 5.41) is 7.86. The van der Waals surface area contributed by atoms with E-state index in [1.54, 1.807) is 35.2 Å². The van der Waals surface area contributed by atoms with Gasteiger partial charge in [0.15, 0.2) is 0 Å². The van der Waals surface area contributed by atoms with Crippen LogP contribution in [0.5, 0.6) is 0 Å². The number of anilines is 1. The van der Waals surface area contributed by atoms with Gasteiger partial charge in [0, 0.05) is 25.2 Å². The maximum absolute atomic E-state index is 13.0. The average Bonchev–Trinajstić information content (AvgIpc) is 3.28. The summed E-state index contributed by atoms with van der Waals surface area (Å²) in [5.74, 6) is -0.618. The Morgan fingerprint density at radius 2 is 2.10 bits per heavy atom. The number of hydrogen-bond donors (Lipinski definition) is 2. The maximum Gasteiger partial charge on any atom is 0.265 e. The van der Waals surface area contributed by atoms with Gasteiger partial charge in [-0.2, -0.15) is 0 Å². The van der Waals surface area contributed by atoms with E-state index >= 15 is 0 Å². The van der Waals surface area contributed by atoms with E-state index in [0.717, 1.165) is 19.3 Å². The van der Waals surface area contributed by atoms with E-state index in [0.29, 0.717) is 40.8 Å². The normalized spacial score (nSPS) is 16.3. The Morgan fingerprint density at radius 1 is 1.28 bits per heavy atom. The first-order valence-corrected chi connectivity index (χ1v) is 11.0. The number of benzene rings is 1. The highest BCUT2D eigenvalue weighted by atomic mass is 35.5. The smallest absolute Gasteiger partial charge is 0.265 e. The molecule has 1 fully saturated rings. The summed E-state index contributed by atoms with van der Waals surface area (Å²) in [6, 6.07) is 8.36. The van der Waals surface area contributed by atoms with E-state index in [4.69, 9.17) is 11.6 Å². The fourth-order valence-electron chi connectivity index (χ4n) is 3.30. The molecule has 0 bridgehead atoms. The molecule has 0 aliphatic carbocycles. The molecule has 154 valence electrons. The van der Waals surface area contributed by atoms with E-state index in [1.807, 2.05) is 12.3 Å². The van der Waals surface area contributed by atoms with Crippen molar-refractivity contribution in [1.82, 2.24) is 10.2 Å². The lowest BCUT2D eigenvalue weighted by atomic mass is 9.96. The number of piperidine rings is 1. The molecule has 1 atom stereocenters. The van der Waals surface area contributed by atoms with Gasteiger partial charge in [-0.3, -0.25) is 14.4 Å². The number of carbonyl (C=O) groups is 3. The Labute approximate surface area is 179 Å². The first-order valence-electron chi connectivity index (χ1n) is 9.71. The number of hydrogen-bond acceptors (Lipinski definition) is 4. The molecular formula is C21H24ClN3O3S. The van der Waals surface area contributed by atoms with Crippen LogP contribution >= 0.6 is 22.9 Å². The maximum atomic E-state index is 13.0. The van der Waals surface area contributed by atoms with Crippen LogP contribution in [0.2, 0.25) is 5.02 Å². The van der Waals surface area contributed by atoms with E-state index in [2.05, 4.69) is 10.6 Å². The summed E-state index contributed by atoms with van der Waals surface area (Å²) in [6.45, 7) is 3.66. The molecule has 1 aromatic carbocycles. The molecule has 8 heteroatoms. The van der Waals surface area contributed by atoms with Crippen molar-refractivity contribution in [3.63, 3.8) is 0 Å². The van der Waals surface area contributed by atoms with Gasteiger partial charge in [0.1, 0.15) is 0 Å². The lowest BCUT2D eigenvalue weighted by Gasteiger charge is -2.32. The summed E-state index contributed by atoms with van der Waals surface area (Å²) < 4.78 is 0. The average molecular weight is 434 g/mol. The summed E-state index contributed by atoms with van der Waals surface area (Å²) in [6.07, 6.45) is 2.44. The molecular weight excluding hydrogens is 410 g/mol. The van der Waals surface area contributed by atoms with Crippen LogP contribution in [0, 0.1) is 5.92 Å². The molecule has 2 heterocycles. The number of rotatable bonds is 6. The van der Waals surface area contributed by atoms with Crippen LogP contribution in [-0.4, -0.2) is 42.3 Å². The third-order valence-corrected chi connectivity index (χ3v) is 6.03. The van der Waals surface area contributed by atoms with Crippen molar-refractivity contribution in [2.75, 3.05) is 25.0 Å². The summed E-state index contributed by atoms with van der Waals surface area (Å²) in [7, 11) is 0. The van der Waals surface area contributed by atoms with Crippen molar-refractivity contribution in [3.8, 4) is 0 Å². The topological polar surface area (TPSA) is 78.5 Å². The van der Waals surface area contributed by atoms with Gasteiger partial charge in [0.2, 0.25) is 5.91 Å². The molecule has 1 aromatic heterocycles. The molecule has 1 saturated heterocycles. The first-order chi connectivity index (χ1) is 14.0. The number of nitrogens with one attached hydrogen (secondary N) is 2. The van der Waals surface area contributed by atoms with E-state index in [-0.39, 0.29) is 23.6 Å². The highest BCUT2D eigenvalue weighted by Gasteiger charge is 2.29. The molecule has 29 heavy (non-hydrogen) atoms. The standard InChI is InChI=1S/C21H24ClN3O3S/c1-2-9-23-19(26)15-5-3-10-25(13-15)21(28)14-7-8-16(22)17(12-14)24-20(27)18-6-4-11-29-18/h4,6-8,11-12,15H,2-3,5,9-10,13H2,1H3,(H,23,26)(H,24,27). The van der Waals surface area contributed by atoms with Gasteiger partial charge < -0.3 is 15.5 Å². The van der Waals surface area contributed by atoms with Gasteiger partial charge in [-0.15, -0.1) is 11.3 Å². The molecule has 2 N–H and O–H groups in total. The number of likely N-dealkylation sites (tertiary alicyclic amines) is 1. The van der Waals surface area contributed by atoms with Crippen LogP contribution in [0.25, 0.3) is 0 Å². The zero-order valence-corrected chi connectivity index (χ0v) is 17.8. The van der Waals surface area contributed by atoms with E-state index < -0.39 is 0 Å². The lowest BCUT2D eigenvalue weighted by Crippen LogP contribution is -2.45. The van der Waals surface area contributed by atoms with Gasteiger partial charge in [0.05, 0.1) is 21.5 Å². The molecule has 1 unspecified atom stereocenters. The predicted octanol–water partition coefficient (Wildman–Crippen LogP) is 4.03. The first kappa shape index (κ1) is 21.3. The van der Waals surface area contributed by atoms with Crippen LogP contribution in [0.1, 0.15) is 46.2 Å². The summed E-state index contributed by atoms with van der Waals surface area (Å²) >= 11 is 7.55. The van der Waals surface area contributed by atoms with Crippen LogP contribution in [0.15, 0.2) is 35.7 Å². The summed E-state index contributed by atoms with van der Waals surface area (Å²) in [4.78, 5) is 39.9. The lowest BCUT2D eigenvalue weighted by molar-refractivity contribution is -0.126. The van der Waals surface area contributed by atoms with Crippen molar-refractivity contribution in [1.29, 1.82) is 0 Å². The number of carbonyl (C=O) groups excluding carboxylic acids is 3. The minimum Gasteiger partial charge on any atom is -0.356 e. The fraction of sp³-hybridized carbons (Fsp3) is 0.381. The van der Waals surface area contributed by atoms with Crippen molar-refractivity contribution in [3.05, 3.63) is 51.2 Å². The zero-order chi connectivity index (χ0) is 20.8. The van der Waals surface area contributed by atoms with Crippen LogP contribution < -0.4 is 10.6 Å². The molecule has 2 aromatic rings. The Balaban J connectivity index is 1.70.